The summed E-state index contributed by atoms with van der Waals surface area (Å²) in [6, 6.07) is 1.97. The number of furan rings is 1. The number of carbonyl (C=O) groups is 1. The van der Waals surface area contributed by atoms with E-state index in [1.165, 1.54) is 0 Å². The average Bonchev–Trinajstić information content (AvgIpc) is 2.81. The van der Waals surface area contributed by atoms with E-state index in [4.69, 9.17) is 9.15 Å². The van der Waals surface area contributed by atoms with Crippen LogP contribution in [-0.2, 0) is 16.1 Å². The van der Waals surface area contributed by atoms with Crippen molar-refractivity contribution in [1.82, 2.24) is 9.80 Å². The molecule has 0 N–H and O–H groups in total. The molecule has 1 aromatic heterocycles. The van der Waals surface area contributed by atoms with Crippen LogP contribution in [0.5, 0.6) is 0 Å². The Labute approximate surface area is 107 Å². The largest absolute Gasteiger partial charge is 0.472 e. The maximum absolute atomic E-state index is 11.9. The van der Waals surface area contributed by atoms with Gasteiger partial charge < -0.3 is 14.1 Å². The highest BCUT2D eigenvalue weighted by Gasteiger charge is 2.20. The molecule has 2 rings (SSSR count). The lowest BCUT2D eigenvalue weighted by Crippen LogP contribution is -2.35. The summed E-state index contributed by atoms with van der Waals surface area (Å²) in [6.45, 7) is 4.64. The lowest BCUT2D eigenvalue weighted by Gasteiger charge is -2.21. The second-order valence-corrected chi connectivity index (χ2v) is 4.53. The fraction of sp³-hybridized carbons (Fsp3) is 0.615. The summed E-state index contributed by atoms with van der Waals surface area (Å²) in [4.78, 5) is 16.1. The van der Waals surface area contributed by atoms with Gasteiger partial charge in [0, 0.05) is 51.8 Å². The number of methoxy groups -OCH3 is 1. The summed E-state index contributed by atoms with van der Waals surface area (Å²) >= 11 is 0. The lowest BCUT2D eigenvalue weighted by molar-refractivity contribution is -0.130. The third-order valence-electron chi connectivity index (χ3n) is 3.23. The molecule has 5 nitrogen and oxygen atoms in total. The summed E-state index contributed by atoms with van der Waals surface area (Å²) in [6.07, 6.45) is 4.03. The Kier molecular flexibility index (Phi) is 4.78. The highest BCUT2D eigenvalue weighted by molar-refractivity contribution is 5.76. The Morgan fingerprint density at radius 2 is 2.28 bits per heavy atom. The Hall–Kier alpha value is -1.33. The maximum Gasteiger partial charge on any atom is 0.223 e. The van der Waals surface area contributed by atoms with Crippen molar-refractivity contribution in [3.8, 4) is 0 Å². The van der Waals surface area contributed by atoms with Crippen LogP contribution in [0.1, 0.15) is 12.0 Å². The van der Waals surface area contributed by atoms with E-state index >= 15 is 0 Å². The number of ether oxygens (including phenoxy) is 1. The van der Waals surface area contributed by atoms with E-state index in [0.717, 1.165) is 31.7 Å². The molecule has 1 fully saturated rings. The normalized spacial score (nSPS) is 18.1. The molecule has 0 bridgehead atoms. The van der Waals surface area contributed by atoms with Gasteiger partial charge in [-0.2, -0.15) is 0 Å². The first kappa shape index (κ1) is 13.1. The van der Waals surface area contributed by atoms with E-state index < -0.39 is 0 Å². The first-order valence-electron chi connectivity index (χ1n) is 6.29. The molecule has 0 atom stereocenters. The first-order chi connectivity index (χ1) is 8.79. The van der Waals surface area contributed by atoms with Gasteiger partial charge in [0.15, 0.2) is 0 Å². The number of hydrogen-bond acceptors (Lipinski definition) is 4. The molecular formula is C13H20N2O3. The summed E-state index contributed by atoms with van der Waals surface area (Å²) < 4.78 is 10.1. The number of rotatable bonds is 5. The predicted molar refractivity (Wildman–Crippen MR) is 67.1 cm³/mol. The van der Waals surface area contributed by atoms with E-state index in [9.17, 15) is 4.79 Å². The van der Waals surface area contributed by atoms with Crippen LogP contribution in [0.3, 0.4) is 0 Å². The molecule has 1 amide bonds. The molecule has 1 aromatic rings. The van der Waals surface area contributed by atoms with E-state index in [0.29, 0.717) is 19.6 Å². The van der Waals surface area contributed by atoms with E-state index in [1.807, 2.05) is 11.0 Å². The van der Waals surface area contributed by atoms with Crippen molar-refractivity contribution in [2.24, 2.45) is 0 Å². The fourth-order valence-electron chi connectivity index (χ4n) is 2.15. The smallest absolute Gasteiger partial charge is 0.223 e. The highest BCUT2D eigenvalue weighted by atomic mass is 16.5. The SMILES string of the molecule is COCCN1CCN(Cc2ccoc2)CCC1=O. The van der Waals surface area contributed by atoms with Gasteiger partial charge in [-0.15, -0.1) is 0 Å². The molecule has 0 saturated carbocycles. The second-order valence-electron chi connectivity index (χ2n) is 4.53. The van der Waals surface area contributed by atoms with Gasteiger partial charge in [0.25, 0.3) is 0 Å². The minimum absolute atomic E-state index is 0.224. The van der Waals surface area contributed by atoms with Gasteiger partial charge in [-0.25, -0.2) is 0 Å². The summed E-state index contributed by atoms with van der Waals surface area (Å²) in [5.41, 5.74) is 1.16. The Balaban J connectivity index is 1.85. The molecular weight excluding hydrogens is 232 g/mol. The van der Waals surface area contributed by atoms with Crippen LogP contribution in [0.15, 0.2) is 23.0 Å². The lowest BCUT2D eigenvalue weighted by atomic mass is 10.3. The molecule has 100 valence electrons. The molecule has 0 unspecified atom stereocenters. The van der Waals surface area contributed by atoms with E-state index in [1.54, 1.807) is 19.6 Å². The third-order valence-corrected chi connectivity index (χ3v) is 3.23. The Morgan fingerprint density at radius 1 is 1.39 bits per heavy atom. The van der Waals surface area contributed by atoms with Gasteiger partial charge in [-0.1, -0.05) is 0 Å². The number of hydrogen-bond donors (Lipinski definition) is 0. The van der Waals surface area contributed by atoms with Crippen LogP contribution in [-0.4, -0.2) is 55.6 Å². The van der Waals surface area contributed by atoms with Crippen molar-refractivity contribution in [3.05, 3.63) is 24.2 Å². The van der Waals surface area contributed by atoms with Gasteiger partial charge in [0.1, 0.15) is 0 Å². The van der Waals surface area contributed by atoms with Gasteiger partial charge in [0.2, 0.25) is 5.91 Å². The summed E-state index contributed by atoms with van der Waals surface area (Å²) in [7, 11) is 1.66. The molecule has 0 aromatic carbocycles. The summed E-state index contributed by atoms with van der Waals surface area (Å²) in [5.74, 6) is 0.224. The van der Waals surface area contributed by atoms with Crippen molar-refractivity contribution in [3.63, 3.8) is 0 Å². The third kappa shape index (κ3) is 3.58. The molecule has 1 aliphatic heterocycles. The zero-order chi connectivity index (χ0) is 12.8. The quantitative estimate of drug-likeness (QED) is 0.783. The molecule has 5 heteroatoms. The topological polar surface area (TPSA) is 45.9 Å². The van der Waals surface area contributed by atoms with Crippen LogP contribution >= 0.6 is 0 Å². The molecule has 1 saturated heterocycles. The van der Waals surface area contributed by atoms with Crippen LogP contribution in [0.4, 0.5) is 0 Å². The molecule has 0 aliphatic carbocycles. The second kappa shape index (κ2) is 6.56. The zero-order valence-electron chi connectivity index (χ0n) is 10.8. The predicted octanol–water partition coefficient (Wildman–Crippen LogP) is 0.960. The summed E-state index contributed by atoms with van der Waals surface area (Å²) in [5, 5.41) is 0. The average molecular weight is 252 g/mol. The number of carbonyl (C=O) groups excluding carboxylic acids is 1. The molecule has 18 heavy (non-hydrogen) atoms. The van der Waals surface area contributed by atoms with Gasteiger partial charge in [0.05, 0.1) is 19.1 Å². The first-order valence-corrected chi connectivity index (χ1v) is 6.29. The number of amides is 1. The molecule has 2 heterocycles. The van der Waals surface area contributed by atoms with E-state index in [2.05, 4.69) is 4.90 Å². The van der Waals surface area contributed by atoms with Gasteiger partial charge in [-0.05, 0) is 6.07 Å². The molecule has 0 radical (unpaired) electrons. The van der Waals surface area contributed by atoms with Gasteiger partial charge >= 0.3 is 0 Å². The van der Waals surface area contributed by atoms with Crippen LogP contribution in [0.2, 0.25) is 0 Å². The van der Waals surface area contributed by atoms with Gasteiger partial charge in [-0.3, -0.25) is 9.69 Å². The van der Waals surface area contributed by atoms with Crippen molar-refractivity contribution < 1.29 is 13.9 Å². The molecule has 1 aliphatic rings. The number of nitrogens with zero attached hydrogens (tertiary/aromatic N) is 2. The minimum Gasteiger partial charge on any atom is -0.472 e. The standard InChI is InChI=1S/C13H20N2O3/c1-17-9-7-15-6-5-14(4-2-13(15)16)10-12-3-8-18-11-12/h3,8,11H,2,4-7,9-10H2,1H3. The molecule has 0 spiro atoms. The van der Waals surface area contributed by atoms with Crippen LogP contribution in [0, 0.1) is 0 Å². The fourth-order valence-corrected chi connectivity index (χ4v) is 2.15. The van der Waals surface area contributed by atoms with Crippen molar-refractivity contribution >= 4 is 5.91 Å². The van der Waals surface area contributed by atoms with Crippen molar-refractivity contribution in [2.45, 2.75) is 13.0 Å². The van der Waals surface area contributed by atoms with Crippen LogP contribution < -0.4 is 0 Å². The van der Waals surface area contributed by atoms with Crippen molar-refractivity contribution in [1.29, 1.82) is 0 Å². The maximum atomic E-state index is 11.9. The Bertz CT molecular complexity index is 364. The highest BCUT2D eigenvalue weighted by Crippen LogP contribution is 2.10. The van der Waals surface area contributed by atoms with Crippen LogP contribution in [0.25, 0.3) is 0 Å². The van der Waals surface area contributed by atoms with Crippen molar-refractivity contribution in [2.75, 3.05) is 39.9 Å². The van der Waals surface area contributed by atoms with E-state index in [-0.39, 0.29) is 5.91 Å². The Morgan fingerprint density at radius 3 is 3.00 bits per heavy atom. The minimum atomic E-state index is 0.224. The zero-order valence-corrected chi connectivity index (χ0v) is 10.8. The monoisotopic (exact) mass is 252 g/mol.